The molecule has 0 atom stereocenters. The lowest BCUT2D eigenvalue weighted by Crippen LogP contribution is -2.42. The van der Waals surface area contributed by atoms with Crippen LogP contribution in [0.3, 0.4) is 0 Å². The highest BCUT2D eigenvalue weighted by Crippen LogP contribution is 2.53. The summed E-state index contributed by atoms with van der Waals surface area (Å²) in [6.07, 6.45) is 0.334. The van der Waals surface area contributed by atoms with Gasteiger partial charge in [0.2, 0.25) is 0 Å². The molecular weight excluding hydrogens is 611 g/mol. The zero-order valence-electron chi connectivity index (χ0n) is 26.9. The second-order valence-electron chi connectivity index (χ2n) is 12.0. The summed E-state index contributed by atoms with van der Waals surface area (Å²) < 4.78 is 10.8. The summed E-state index contributed by atoms with van der Waals surface area (Å²) in [6.45, 7) is 0. The molecule has 6 aromatic rings. The van der Waals surface area contributed by atoms with Crippen molar-refractivity contribution >= 4 is 35.8 Å². The minimum atomic E-state index is -1.52. The van der Waals surface area contributed by atoms with Crippen LogP contribution in [-0.4, -0.2) is 26.2 Å². The molecular formula is C43H35O4P. The Bertz CT molecular complexity index is 2010. The van der Waals surface area contributed by atoms with E-state index >= 15 is 0 Å². The fraction of sp³-hybridized carbons (Fsp3) is 0.116. The van der Waals surface area contributed by atoms with E-state index in [4.69, 9.17) is 9.47 Å². The molecule has 0 aliphatic heterocycles. The molecule has 0 spiro atoms. The van der Waals surface area contributed by atoms with Gasteiger partial charge in [0.05, 0.1) is 14.2 Å². The Morgan fingerprint density at radius 3 is 1.21 bits per heavy atom. The molecule has 1 aliphatic carbocycles. The average Bonchev–Trinajstić information content (AvgIpc) is 3.57. The zero-order valence-corrected chi connectivity index (χ0v) is 27.8. The summed E-state index contributed by atoms with van der Waals surface area (Å²) in [6, 6.07) is 52.6. The second kappa shape index (κ2) is 13.4. The molecule has 0 heterocycles. The number of hydrogen-bond donors (Lipinski definition) is 0. The average molecular weight is 647 g/mol. The standard InChI is InChI=1S/C43H35O4P/c1-46-41(44)43(42(45)47-2)28-35-36(29-43)38(31-20-10-4-11-21-31)40(48(33-24-14-6-15-25-33)34-26-16-7-17-27-34)39(32-22-12-5-13-23-32)37(35)30-18-8-3-9-19-30/h3-27H,28-29H2,1-2H3. The molecule has 1 aliphatic rings. The van der Waals surface area contributed by atoms with E-state index in [1.807, 2.05) is 30.3 Å². The maximum absolute atomic E-state index is 13.8. The molecule has 236 valence electrons. The van der Waals surface area contributed by atoms with Gasteiger partial charge in [-0.2, -0.15) is 0 Å². The zero-order chi connectivity index (χ0) is 33.1. The molecule has 48 heavy (non-hydrogen) atoms. The van der Waals surface area contributed by atoms with Crippen LogP contribution in [0.25, 0.3) is 33.4 Å². The van der Waals surface area contributed by atoms with Crippen molar-refractivity contribution in [3.05, 3.63) is 163 Å². The summed E-state index contributed by atoms with van der Waals surface area (Å²) in [7, 11) is 1.54. The molecule has 0 unspecified atom stereocenters. The van der Waals surface area contributed by atoms with Gasteiger partial charge in [0.25, 0.3) is 0 Å². The largest absolute Gasteiger partial charge is 0.468 e. The maximum atomic E-state index is 13.8. The first-order valence-electron chi connectivity index (χ1n) is 16.0. The van der Waals surface area contributed by atoms with E-state index in [-0.39, 0.29) is 12.8 Å². The van der Waals surface area contributed by atoms with Gasteiger partial charge < -0.3 is 9.47 Å². The van der Waals surface area contributed by atoms with E-state index < -0.39 is 25.3 Å². The summed E-state index contributed by atoms with van der Waals surface area (Å²) in [5.74, 6) is -1.17. The summed E-state index contributed by atoms with van der Waals surface area (Å²) in [4.78, 5) is 27.6. The van der Waals surface area contributed by atoms with Crippen LogP contribution in [0.15, 0.2) is 152 Å². The smallest absolute Gasteiger partial charge is 0.323 e. The molecule has 0 radical (unpaired) electrons. The Morgan fingerprint density at radius 2 is 0.812 bits per heavy atom. The summed E-state index contributed by atoms with van der Waals surface area (Å²) >= 11 is 0. The van der Waals surface area contributed by atoms with E-state index in [0.717, 1.165) is 44.5 Å². The van der Waals surface area contributed by atoms with Gasteiger partial charge >= 0.3 is 11.9 Å². The molecule has 0 N–H and O–H groups in total. The molecule has 0 amide bonds. The lowest BCUT2D eigenvalue weighted by atomic mass is 9.83. The van der Waals surface area contributed by atoms with Crippen LogP contribution >= 0.6 is 7.92 Å². The Kier molecular flexibility index (Phi) is 8.76. The molecule has 7 rings (SSSR count). The van der Waals surface area contributed by atoms with Gasteiger partial charge in [-0.05, 0) is 63.0 Å². The Balaban J connectivity index is 1.73. The lowest BCUT2D eigenvalue weighted by molar-refractivity contribution is -0.168. The van der Waals surface area contributed by atoms with Crippen molar-refractivity contribution in [3.8, 4) is 33.4 Å². The van der Waals surface area contributed by atoms with Crippen LogP contribution in [0.4, 0.5) is 0 Å². The maximum Gasteiger partial charge on any atom is 0.323 e. The van der Waals surface area contributed by atoms with Crippen molar-refractivity contribution in [2.24, 2.45) is 5.41 Å². The third-order valence-corrected chi connectivity index (χ3v) is 11.8. The van der Waals surface area contributed by atoms with Crippen LogP contribution in [-0.2, 0) is 31.9 Å². The van der Waals surface area contributed by atoms with Gasteiger partial charge in [0, 0.05) is 18.1 Å². The van der Waals surface area contributed by atoms with Gasteiger partial charge in [0.15, 0.2) is 5.41 Å². The Morgan fingerprint density at radius 1 is 0.479 bits per heavy atom. The van der Waals surface area contributed by atoms with Crippen molar-refractivity contribution in [1.82, 2.24) is 0 Å². The Labute approximate surface area is 282 Å². The van der Waals surface area contributed by atoms with Crippen molar-refractivity contribution in [3.63, 3.8) is 0 Å². The van der Waals surface area contributed by atoms with Crippen LogP contribution in [0, 0.1) is 5.41 Å². The third-order valence-electron chi connectivity index (χ3n) is 9.24. The number of carbonyl (C=O) groups is 2. The van der Waals surface area contributed by atoms with Gasteiger partial charge in [-0.25, -0.2) is 0 Å². The van der Waals surface area contributed by atoms with Crippen molar-refractivity contribution in [2.45, 2.75) is 12.8 Å². The van der Waals surface area contributed by atoms with Gasteiger partial charge in [-0.3, -0.25) is 9.59 Å². The number of rotatable bonds is 8. The van der Waals surface area contributed by atoms with E-state index in [1.165, 1.54) is 30.1 Å². The van der Waals surface area contributed by atoms with Gasteiger partial charge in [-0.15, -0.1) is 0 Å². The molecule has 0 bridgehead atoms. The molecule has 6 aromatic carbocycles. The van der Waals surface area contributed by atoms with Crippen LogP contribution < -0.4 is 15.9 Å². The molecule has 5 heteroatoms. The molecule has 0 aromatic heterocycles. The van der Waals surface area contributed by atoms with E-state index in [0.29, 0.717) is 0 Å². The first-order chi connectivity index (χ1) is 23.6. The van der Waals surface area contributed by atoms with E-state index in [2.05, 4.69) is 121 Å². The van der Waals surface area contributed by atoms with E-state index in [9.17, 15) is 9.59 Å². The highest BCUT2D eigenvalue weighted by Gasteiger charge is 2.54. The van der Waals surface area contributed by atoms with Crippen LogP contribution in [0.1, 0.15) is 11.1 Å². The third kappa shape index (κ3) is 5.43. The van der Waals surface area contributed by atoms with Crippen LogP contribution in [0.2, 0.25) is 0 Å². The van der Waals surface area contributed by atoms with Crippen LogP contribution in [0.5, 0.6) is 0 Å². The fourth-order valence-electron chi connectivity index (χ4n) is 7.17. The van der Waals surface area contributed by atoms with Crippen molar-refractivity contribution < 1.29 is 19.1 Å². The minimum absolute atomic E-state index is 0.167. The highest BCUT2D eigenvalue weighted by atomic mass is 31.1. The second-order valence-corrected chi connectivity index (χ2v) is 14.1. The molecule has 0 fully saturated rings. The summed E-state index contributed by atoms with van der Waals surface area (Å²) in [5, 5.41) is 3.59. The fourth-order valence-corrected chi connectivity index (χ4v) is 9.88. The monoisotopic (exact) mass is 646 g/mol. The topological polar surface area (TPSA) is 52.6 Å². The minimum Gasteiger partial charge on any atom is -0.468 e. The van der Waals surface area contributed by atoms with Gasteiger partial charge in [0.1, 0.15) is 0 Å². The number of fused-ring (bicyclic) bond motifs is 1. The van der Waals surface area contributed by atoms with Gasteiger partial charge in [-0.1, -0.05) is 152 Å². The number of ether oxygens (including phenoxy) is 2. The number of carbonyl (C=O) groups excluding carboxylic acids is 2. The number of methoxy groups -OCH3 is 2. The Hall–Kier alpha value is -5.31. The number of benzene rings is 6. The normalized spacial score (nSPS) is 13.1. The quantitative estimate of drug-likeness (QED) is 0.0960. The summed E-state index contributed by atoms with van der Waals surface area (Å²) in [5.41, 5.74) is 6.73. The molecule has 0 saturated carbocycles. The van der Waals surface area contributed by atoms with Crippen molar-refractivity contribution in [1.29, 1.82) is 0 Å². The molecule has 4 nitrogen and oxygen atoms in total. The SMILES string of the molecule is COC(=O)C1(C(=O)OC)Cc2c(c(-c3ccccc3)c(P(c3ccccc3)c3ccccc3)c(-c3ccccc3)c2-c2ccccc2)C1. The predicted octanol–water partition coefficient (Wildman–Crippen LogP) is 7.88. The molecule has 0 saturated heterocycles. The number of hydrogen-bond acceptors (Lipinski definition) is 4. The first-order valence-corrected chi connectivity index (χ1v) is 17.4. The lowest BCUT2D eigenvalue weighted by Gasteiger charge is -2.30. The first kappa shape index (κ1) is 31.3. The van der Waals surface area contributed by atoms with E-state index in [1.54, 1.807) is 0 Å². The highest BCUT2D eigenvalue weighted by molar-refractivity contribution is 7.80. The number of esters is 2. The van der Waals surface area contributed by atoms with Crippen molar-refractivity contribution in [2.75, 3.05) is 14.2 Å². The predicted molar refractivity (Wildman–Crippen MR) is 195 cm³/mol.